The van der Waals surface area contributed by atoms with Crippen LogP contribution in [-0.4, -0.2) is 42.2 Å². The molecule has 2 N–H and O–H groups in total. The number of fused-ring (bicyclic) bond motifs is 1. The molecule has 2 aromatic rings. The maximum atomic E-state index is 6.90. The van der Waals surface area contributed by atoms with Crippen molar-refractivity contribution < 1.29 is 9.33 Å². The zero-order valence-electron chi connectivity index (χ0n) is 18.7. The monoisotopic (exact) mass is 428 g/mol. The van der Waals surface area contributed by atoms with Crippen molar-refractivity contribution in [2.75, 3.05) is 20.6 Å². The SMILES string of the molecule is CN(C)CC1CC(C2=C3C=NC=C[N+]3(N)C(c3cccc(OCc4ccccc4)c3)=N2)C1. The van der Waals surface area contributed by atoms with Crippen molar-refractivity contribution in [1.29, 1.82) is 0 Å². The Hall–Kier alpha value is -3.06. The van der Waals surface area contributed by atoms with E-state index >= 15 is 0 Å². The Balaban J connectivity index is 1.39. The Kier molecular flexibility index (Phi) is 5.51. The van der Waals surface area contributed by atoms with Crippen LogP contribution in [0.25, 0.3) is 0 Å². The number of aliphatic imine (C=N–C) groups is 2. The molecule has 1 saturated carbocycles. The van der Waals surface area contributed by atoms with Gasteiger partial charge in [-0.3, -0.25) is 4.99 Å². The Morgan fingerprint density at radius 3 is 2.69 bits per heavy atom. The second-order valence-corrected chi connectivity index (χ2v) is 9.16. The van der Waals surface area contributed by atoms with Crippen molar-refractivity contribution >= 4 is 12.1 Å². The Morgan fingerprint density at radius 2 is 1.91 bits per heavy atom. The molecular weight excluding hydrogens is 398 g/mol. The van der Waals surface area contributed by atoms with E-state index in [0.29, 0.717) is 18.4 Å². The third-order valence-corrected chi connectivity index (χ3v) is 6.41. The number of amidine groups is 1. The lowest BCUT2D eigenvalue weighted by Gasteiger charge is -2.36. The van der Waals surface area contributed by atoms with Gasteiger partial charge in [-0.15, -0.1) is 4.59 Å². The smallest absolute Gasteiger partial charge is 0.265 e. The quantitative estimate of drug-likeness (QED) is 0.534. The molecule has 6 heteroatoms. The first-order valence-electron chi connectivity index (χ1n) is 11.2. The summed E-state index contributed by atoms with van der Waals surface area (Å²) in [6, 6.07) is 18.2. The van der Waals surface area contributed by atoms with Crippen LogP contribution in [0.4, 0.5) is 0 Å². The number of hydrogen-bond acceptors (Lipinski definition) is 5. The fraction of sp³-hybridized carbons (Fsp3) is 0.308. The molecule has 1 aliphatic carbocycles. The van der Waals surface area contributed by atoms with E-state index in [9.17, 15) is 0 Å². The van der Waals surface area contributed by atoms with Crippen LogP contribution in [0.2, 0.25) is 0 Å². The normalized spacial score (nSPS) is 26.2. The maximum absolute atomic E-state index is 6.90. The number of ether oxygens (including phenoxy) is 1. The molecule has 2 aromatic carbocycles. The van der Waals surface area contributed by atoms with Crippen LogP contribution < -0.4 is 10.6 Å². The summed E-state index contributed by atoms with van der Waals surface area (Å²) in [6.07, 6.45) is 7.83. The molecule has 0 amide bonds. The summed E-state index contributed by atoms with van der Waals surface area (Å²) < 4.78 is 6.12. The van der Waals surface area contributed by atoms with Gasteiger partial charge in [0.05, 0.1) is 18.0 Å². The molecule has 2 heterocycles. The van der Waals surface area contributed by atoms with Gasteiger partial charge in [0, 0.05) is 12.5 Å². The van der Waals surface area contributed by atoms with E-state index in [4.69, 9.17) is 15.6 Å². The van der Waals surface area contributed by atoms with Crippen LogP contribution in [-0.2, 0) is 6.61 Å². The fourth-order valence-electron chi connectivity index (χ4n) is 4.80. The van der Waals surface area contributed by atoms with Crippen molar-refractivity contribution in [3.05, 3.63) is 89.5 Å². The number of quaternary nitrogens is 1. The minimum atomic E-state index is 0.0653. The molecule has 6 nitrogen and oxygen atoms in total. The van der Waals surface area contributed by atoms with Gasteiger partial charge in [-0.05, 0) is 56.6 Å². The minimum Gasteiger partial charge on any atom is -0.489 e. The number of nitrogens with zero attached hydrogens (tertiary/aromatic N) is 4. The predicted molar refractivity (Wildman–Crippen MR) is 128 cm³/mol. The Bertz CT molecular complexity index is 1110. The lowest BCUT2D eigenvalue weighted by molar-refractivity contribution is -0.750. The largest absolute Gasteiger partial charge is 0.489 e. The van der Waals surface area contributed by atoms with Crippen LogP contribution in [0.1, 0.15) is 24.0 Å². The summed E-state index contributed by atoms with van der Waals surface area (Å²) in [5.41, 5.74) is 4.17. The van der Waals surface area contributed by atoms with Crippen LogP contribution in [0.3, 0.4) is 0 Å². The molecule has 1 atom stereocenters. The van der Waals surface area contributed by atoms with Crippen LogP contribution in [0, 0.1) is 11.8 Å². The number of hydrogen-bond donors (Lipinski definition) is 1. The minimum absolute atomic E-state index is 0.0653. The molecule has 3 aliphatic rings. The zero-order chi connectivity index (χ0) is 22.1. The molecule has 0 saturated heterocycles. The Morgan fingerprint density at radius 1 is 1.09 bits per heavy atom. The van der Waals surface area contributed by atoms with E-state index < -0.39 is 0 Å². The van der Waals surface area contributed by atoms with Gasteiger partial charge in [-0.1, -0.05) is 36.4 Å². The van der Waals surface area contributed by atoms with Gasteiger partial charge in [0.25, 0.3) is 5.84 Å². The van der Waals surface area contributed by atoms with Crippen molar-refractivity contribution in [2.45, 2.75) is 19.4 Å². The molecule has 2 aliphatic heterocycles. The van der Waals surface area contributed by atoms with Gasteiger partial charge in [-0.2, -0.15) is 10.8 Å². The predicted octanol–water partition coefficient (Wildman–Crippen LogP) is 4.07. The average molecular weight is 429 g/mol. The molecule has 5 rings (SSSR count). The number of rotatable bonds is 7. The summed E-state index contributed by atoms with van der Waals surface area (Å²) in [5, 5.41) is 0. The molecule has 0 spiro atoms. The molecule has 1 fully saturated rings. The highest BCUT2D eigenvalue weighted by molar-refractivity contribution is 6.00. The van der Waals surface area contributed by atoms with Gasteiger partial charge >= 0.3 is 0 Å². The van der Waals surface area contributed by atoms with E-state index in [2.05, 4.69) is 42.2 Å². The van der Waals surface area contributed by atoms with Gasteiger partial charge < -0.3 is 9.64 Å². The van der Waals surface area contributed by atoms with Gasteiger partial charge in [0.15, 0.2) is 0 Å². The van der Waals surface area contributed by atoms with Crippen molar-refractivity contribution in [3.63, 3.8) is 0 Å². The molecule has 0 aromatic heterocycles. The fourth-order valence-corrected chi connectivity index (χ4v) is 4.80. The summed E-state index contributed by atoms with van der Waals surface area (Å²) in [5.74, 6) is 9.67. The number of allylic oxidation sites excluding steroid dienone is 2. The molecule has 0 radical (unpaired) electrons. The van der Waals surface area contributed by atoms with E-state index in [0.717, 1.165) is 53.5 Å². The van der Waals surface area contributed by atoms with Crippen LogP contribution in [0.5, 0.6) is 5.75 Å². The van der Waals surface area contributed by atoms with E-state index in [1.54, 1.807) is 6.20 Å². The Labute approximate surface area is 189 Å². The molecule has 32 heavy (non-hydrogen) atoms. The third-order valence-electron chi connectivity index (χ3n) is 6.41. The zero-order valence-corrected chi connectivity index (χ0v) is 18.7. The van der Waals surface area contributed by atoms with Gasteiger partial charge in [-0.25, -0.2) is 0 Å². The highest BCUT2D eigenvalue weighted by Gasteiger charge is 2.48. The summed E-state index contributed by atoms with van der Waals surface area (Å²) in [4.78, 5) is 11.7. The van der Waals surface area contributed by atoms with Gasteiger partial charge in [0.2, 0.25) is 5.70 Å². The van der Waals surface area contributed by atoms with Crippen LogP contribution in [0.15, 0.2) is 88.4 Å². The first-order chi connectivity index (χ1) is 15.5. The molecular formula is C26H30N5O+. The molecule has 1 unspecified atom stereocenters. The van der Waals surface area contributed by atoms with E-state index in [1.807, 2.05) is 48.8 Å². The highest BCUT2D eigenvalue weighted by atomic mass is 16.5. The second kappa shape index (κ2) is 8.47. The van der Waals surface area contributed by atoms with Crippen molar-refractivity contribution in [2.24, 2.45) is 27.7 Å². The van der Waals surface area contributed by atoms with E-state index in [-0.39, 0.29) is 4.59 Å². The summed E-state index contributed by atoms with van der Waals surface area (Å²) in [7, 11) is 4.27. The number of nitrogens with two attached hydrogens (primary N) is 1. The van der Waals surface area contributed by atoms with Crippen molar-refractivity contribution in [1.82, 2.24) is 4.90 Å². The third kappa shape index (κ3) is 3.93. The summed E-state index contributed by atoms with van der Waals surface area (Å²) >= 11 is 0. The standard InChI is InChI=1S/C26H30N5O/c1-30(2)17-20-13-22(14-20)25-24-16-28-11-12-31(24,27)26(29-25)21-9-6-10-23(15-21)32-18-19-7-4-3-5-8-19/h3-12,15-16,20,22H,13-14,17-18,27H2,1-2H3/q+1. The van der Waals surface area contributed by atoms with Gasteiger partial charge in [0.1, 0.15) is 24.3 Å². The topological polar surface area (TPSA) is 63.2 Å². The maximum Gasteiger partial charge on any atom is 0.265 e. The highest BCUT2D eigenvalue weighted by Crippen LogP contribution is 2.45. The van der Waals surface area contributed by atoms with Crippen LogP contribution >= 0.6 is 0 Å². The lowest BCUT2D eigenvalue weighted by Crippen LogP contribution is -2.53. The average Bonchev–Trinajstić information content (AvgIpc) is 3.08. The first-order valence-corrected chi connectivity index (χ1v) is 11.2. The lowest BCUT2D eigenvalue weighted by atomic mass is 9.72. The number of benzene rings is 2. The van der Waals surface area contributed by atoms with Crippen molar-refractivity contribution in [3.8, 4) is 5.75 Å². The van der Waals surface area contributed by atoms with E-state index in [1.165, 1.54) is 0 Å². The second-order valence-electron chi connectivity index (χ2n) is 9.16. The summed E-state index contributed by atoms with van der Waals surface area (Å²) in [6.45, 7) is 1.64. The molecule has 164 valence electrons. The molecule has 0 bridgehead atoms. The first kappa shape index (κ1) is 20.8.